The molecule has 0 heterocycles. The van der Waals surface area contributed by atoms with Gasteiger partial charge in [0.2, 0.25) is 0 Å². The van der Waals surface area contributed by atoms with Gasteiger partial charge in [-0.1, -0.05) is 30.9 Å². The molecule has 0 aromatic heterocycles. The Hall–Kier alpha value is -1.50. The van der Waals surface area contributed by atoms with Crippen molar-refractivity contribution in [2.45, 2.75) is 44.8 Å². The minimum absolute atomic E-state index is 0.0923. The van der Waals surface area contributed by atoms with E-state index in [1.165, 1.54) is 39.2 Å². The second-order valence-corrected chi connectivity index (χ2v) is 7.54. The fourth-order valence-electron chi connectivity index (χ4n) is 3.39. The molecule has 1 aliphatic carbocycles. The van der Waals surface area contributed by atoms with Crippen LogP contribution in [0.25, 0.3) is 0 Å². The second kappa shape index (κ2) is 10.7. The average molecular weight is 399 g/mol. The molecule has 0 aliphatic heterocycles. The maximum absolute atomic E-state index is 12.4. The fraction of sp³-hybridized carbons (Fsp3) is 0.650. The van der Waals surface area contributed by atoms with Gasteiger partial charge in [-0.3, -0.25) is 4.79 Å². The largest absolute Gasteiger partial charge is 0.496 e. The maximum atomic E-state index is 12.4. The minimum atomic E-state index is -0.181. The molecule has 1 amide bonds. The van der Waals surface area contributed by atoms with Crippen molar-refractivity contribution in [3.63, 3.8) is 0 Å². The zero-order valence-electron chi connectivity index (χ0n) is 16.5. The van der Waals surface area contributed by atoms with Crippen LogP contribution in [-0.4, -0.2) is 67.8 Å². The first-order valence-corrected chi connectivity index (χ1v) is 9.88. The highest BCUT2D eigenvalue weighted by Gasteiger charge is 2.19. The van der Waals surface area contributed by atoms with Gasteiger partial charge in [-0.05, 0) is 26.0 Å². The van der Waals surface area contributed by atoms with Crippen molar-refractivity contribution in [3.05, 3.63) is 22.7 Å². The second-order valence-electron chi connectivity index (χ2n) is 7.13. The minimum Gasteiger partial charge on any atom is -0.496 e. The van der Waals surface area contributed by atoms with Gasteiger partial charge in [0.25, 0.3) is 5.91 Å². The molecule has 1 aromatic rings. The molecule has 6 nitrogen and oxygen atoms in total. The van der Waals surface area contributed by atoms with Crippen LogP contribution in [0, 0.1) is 0 Å². The number of nitrogens with zero attached hydrogens (tertiary/aromatic N) is 2. The summed E-state index contributed by atoms with van der Waals surface area (Å²) >= 11 is 6.17. The van der Waals surface area contributed by atoms with Gasteiger partial charge in [0.15, 0.2) is 6.61 Å². The molecule has 152 valence electrons. The number of hydrogen-bond acceptors (Lipinski definition) is 5. The lowest BCUT2D eigenvalue weighted by atomic mass is 9.94. The van der Waals surface area contributed by atoms with Crippen molar-refractivity contribution >= 4 is 17.5 Å². The van der Waals surface area contributed by atoms with E-state index in [4.69, 9.17) is 21.1 Å². The van der Waals surface area contributed by atoms with Gasteiger partial charge < -0.3 is 24.4 Å². The molecular formula is C20H31ClN2O4. The lowest BCUT2D eigenvalue weighted by molar-refractivity contribution is -0.132. The number of amides is 1. The molecule has 0 saturated heterocycles. The molecule has 1 fully saturated rings. The number of likely N-dealkylation sites (N-methyl/N-ethyl adjacent to an activating group) is 2. The first-order valence-electron chi connectivity index (χ1n) is 9.50. The Balaban J connectivity index is 1.82. The Kier molecular flexibility index (Phi) is 8.67. The number of aliphatic hydroxyl groups excluding tert-OH is 1. The smallest absolute Gasteiger partial charge is 0.260 e. The molecule has 27 heavy (non-hydrogen) atoms. The van der Waals surface area contributed by atoms with Gasteiger partial charge in [-0.15, -0.1) is 0 Å². The zero-order valence-corrected chi connectivity index (χ0v) is 17.3. The van der Waals surface area contributed by atoms with Crippen molar-refractivity contribution < 1.29 is 19.4 Å². The number of ether oxygens (including phenoxy) is 2. The van der Waals surface area contributed by atoms with E-state index in [9.17, 15) is 9.90 Å². The number of hydrogen-bond donors (Lipinski definition) is 1. The Morgan fingerprint density at radius 2 is 1.89 bits per heavy atom. The Labute approximate surface area is 167 Å². The van der Waals surface area contributed by atoms with E-state index >= 15 is 0 Å². The van der Waals surface area contributed by atoms with Crippen LogP contribution in [0.5, 0.6) is 11.5 Å². The SMILES string of the molecule is COc1cc(OCC(=O)N(C)CCN(C)C2CCCCC2)c(Cl)cc1CO. The number of rotatable bonds is 9. The van der Waals surface area contributed by atoms with E-state index in [-0.39, 0.29) is 19.1 Å². The Bertz CT molecular complexity index is 620. The monoisotopic (exact) mass is 398 g/mol. The summed E-state index contributed by atoms with van der Waals surface area (Å²) in [7, 11) is 5.44. The summed E-state index contributed by atoms with van der Waals surface area (Å²) in [4.78, 5) is 16.4. The van der Waals surface area contributed by atoms with Gasteiger partial charge in [-0.25, -0.2) is 0 Å². The van der Waals surface area contributed by atoms with Crippen LogP contribution >= 0.6 is 11.6 Å². The van der Waals surface area contributed by atoms with E-state index in [0.29, 0.717) is 34.7 Å². The van der Waals surface area contributed by atoms with Crippen LogP contribution in [0.4, 0.5) is 0 Å². The van der Waals surface area contributed by atoms with Crippen LogP contribution in [0.3, 0.4) is 0 Å². The molecular weight excluding hydrogens is 368 g/mol. The molecule has 1 saturated carbocycles. The van der Waals surface area contributed by atoms with Crippen molar-refractivity contribution in [1.82, 2.24) is 9.80 Å². The third-order valence-electron chi connectivity index (χ3n) is 5.27. The number of benzene rings is 1. The summed E-state index contributed by atoms with van der Waals surface area (Å²) in [5.41, 5.74) is 0.573. The summed E-state index contributed by atoms with van der Waals surface area (Å²) in [6, 6.07) is 3.82. The lowest BCUT2D eigenvalue weighted by Crippen LogP contribution is -2.41. The Morgan fingerprint density at radius 1 is 1.19 bits per heavy atom. The van der Waals surface area contributed by atoms with Gasteiger partial charge in [0.1, 0.15) is 11.5 Å². The molecule has 1 N–H and O–H groups in total. The molecule has 1 aliphatic rings. The van der Waals surface area contributed by atoms with Crippen molar-refractivity contribution in [2.24, 2.45) is 0 Å². The summed E-state index contributed by atoms with van der Waals surface area (Å²) in [6.07, 6.45) is 6.45. The molecule has 0 unspecified atom stereocenters. The van der Waals surface area contributed by atoms with Gasteiger partial charge >= 0.3 is 0 Å². The van der Waals surface area contributed by atoms with Crippen molar-refractivity contribution in [1.29, 1.82) is 0 Å². The van der Waals surface area contributed by atoms with E-state index in [1.54, 1.807) is 24.1 Å². The normalized spacial score (nSPS) is 15.0. The fourth-order valence-corrected chi connectivity index (χ4v) is 3.63. The van der Waals surface area contributed by atoms with E-state index in [2.05, 4.69) is 11.9 Å². The topological polar surface area (TPSA) is 62.2 Å². The number of halogens is 1. The predicted molar refractivity (Wildman–Crippen MR) is 107 cm³/mol. The third kappa shape index (κ3) is 6.26. The number of methoxy groups -OCH3 is 1. The predicted octanol–water partition coefficient (Wildman–Crippen LogP) is 2.94. The zero-order chi connectivity index (χ0) is 19.8. The standard InChI is InChI=1S/C20H31ClN2O4/c1-22(16-7-5-4-6-8-16)9-10-23(2)20(25)14-27-19-12-18(26-3)15(13-24)11-17(19)21/h11-12,16,24H,4-10,13-14H2,1-3H3. The van der Waals surface area contributed by atoms with Crippen molar-refractivity contribution in [2.75, 3.05) is 40.9 Å². The molecule has 0 radical (unpaired) electrons. The first kappa shape index (κ1) is 21.8. The van der Waals surface area contributed by atoms with Crippen LogP contribution in [0.1, 0.15) is 37.7 Å². The first-order chi connectivity index (χ1) is 13.0. The molecule has 2 rings (SSSR count). The quantitative estimate of drug-likeness (QED) is 0.693. The third-order valence-corrected chi connectivity index (χ3v) is 5.56. The van der Waals surface area contributed by atoms with Crippen LogP contribution in [0.15, 0.2) is 12.1 Å². The lowest BCUT2D eigenvalue weighted by Gasteiger charge is -2.32. The Morgan fingerprint density at radius 3 is 2.52 bits per heavy atom. The molecule has 1 aromatic carbocycles. The van der Waals surface area contributed by atoms with Crippen LogP contribution in [0.2, 0.25) is 5.02 Å². The highest BCUT2D eigenvalue weighted by Crippen LogP contribution is 2.32. The summed E-state index contributed by atoms with van der Waals surface area (Å²) in [6.45, 7) is 1.24. The van der Waals surface area contributed by atoms with Gasteiger partial charge in [0.05, 0.1) is 18.7 Å². The van der Waals surface area contributed by atoms with E-state index in [1.807, 2.05) is 0 Å². The van der Waals surface area contributed by atoms with E-state index < -0.39 is 0 Å². The summed E-state index contributed by atoms with van der Waals surface area (Å²) < 4.78 is 10.8. The highest BCUT2D eigenvalue weighted by molar-refractivity contribution is 6.32. The number of carbonyl (C=O) groups excluding carboxylic acids is 1. The number of aliphatic hydroxyl groups is 1. The van der Waals surface area contributed by atoms with Gasteiger partial charge in [-0.2, -0.15) is 0 Å². The van der Waals surface area contributed by atoms with Crippen molar-refractivity contribution in [3.8, 4) is 11.5 Å². The average Bonchev–Trinajstić information content (AvgIpc) is 2.70. The number of carbonyl (C=O) groups is 1. The van der Waals surface area contributed by atoms with Crippen LogP contribution in [-0.2, 0) is 11.4 Å². The molecule has 0 spiro atoms. The summed E-state index contributed by atoms with van der Waals surface area (Å²) in [5, 5.41) is 9.65. The maximum Gasteiger partial charge on any atom is 0.260 e. The van der Waals surface area contributed by atoms with Crippen LogP contribution < -0.4 is 9.47 Å². The molecule has 7 heteroatoms. The van der Waals surface area contributed by atoms with Gasteiger partial charge in [0, 0.05) is 37.8 Å². The highest BCUT2D eigenvalue weighted by atomic mass is 35.5. The molecule has 0 atom stereocenters. The molecule has 0 bridgehead atoms. The van der Waals surface area contributed by atoms with E-state index in [0.717, 1.165) is 6.54 Å². The summed E-state index contributed by atoms with van der Waals surface area (Å²) in [5.74, 6) is 0.743.